The fraction of sp³-hybridized carbons (Fsp3) is 0.412. The number of carbonyl (C=O) groups excluding carboxylic acids is 1. The molecule has 0 aliphatic carbocycles. The summed E-state index contributed by atoms with van der Waals surface area (Å²) in [5.74, 6) is 0.558. The normalized spacial score (nSPS) is 16.0. The van der Waals surface area contributed by atoms with Crippen molar-refractivity contribution in [3.8, 4) is 0 Å². The first-order chi connectivity index (χ1) is 11.7. The fourth-order valence-corrected chi connectivity index (χ4v) is 3.36. The highest BCUT2D eigenvalue weighted by molar-refractivity contribution is 5.76. The van der Waals surface area contributed by atoms with Crippen LogP contribution in [0.1, 0.15) is 30.1 Å². The lowest BCUT2D eigenvalue weighted by atomic mass is 9.93. The van der Waals surface area contributed by atoms with Crippen molar-refractivity contribution in [3.63, 3.8) is 0 Å². The summed E-state index contributed by atoms with van der Waals surface area (Å²) in [4.78, 5) is 23.0. The van der Waals surface area contributed by atoms with E-state index >= 15 is 0 Å². The summed E-state index contributed by atoms with van der Waals surface area (Å²) >= 11 is 0. The molecule has 0 atom stereocenters. The fourth-order valence-electron chi connectivity index (χ4n) is 3.36. The highest BCUT2D eigenvalue weighted by atomic mass is 16.2. The topological polar surface area (TPSA) is 68.3 Å². The predicted molar refractivity (Wildman–Crippen MR) is 88.5 cm³/mol. The molecule has 1 aliphatic heterocycles. The van der Waals surface area contributed by atoms with Crippen LogP contribution in [0.2, 0.25) is 0 Å². The minimum absolute atomic E-state index is 0.154. The third kappa shape index (κ3) is 2.77. The van der Waals surface area contributed by atoms with E-state index in [1.54, 1.807) is 18.7 Å². The van der Waals surface area contributed by atoms with Crippen molar-refractivity contribution in [2.75, 3.05) is 13.1 Å². The summed E-state index contributed by atoms with van der Waals surface area (Å²) in [5, 5.41) is 4.27. The van der Waals surface area contributed by atoms with E-state index in [2.05, 4.69) is 23.1 Å². The summed E-state index contributed by atoms with van der Waals surface area (Å²) in [6, 6.07) is 4.05. The van der Waals surface area contributed by atoms with E-state index in [9.17, 15) is 4.79 Å². The van der Waals surface area contributed by atoms with Gasteiger partial charge in [-0.3, -0.25) is 4.79 Å². The molecule has 3 aromatic heterocycles. The van der Waals surface area contributed by atoms with Crippen LogP contribution in [-0.2, 0) is 11.3 Å². The van der Waals surface area contributed by atoms with Gasteiger partial charge in [0.25, 0.3) is 0 Å². The number of amides is 1. The average Bonchev–Trinajstić information content (AvgIpc) is 3.26. The standard InChI is InChI=1S/C17H20N6O/c1-13-10-15(20-16-2-5-19-23(13)16)14-3-7-22(8-4-14)17(24)11-21-9-6-18-12-21/h2,5-6,9-10,12,14H,3-4,7-8,11H2,1H3. The number of piperidine rings is 1. The first-order valence-electron chi connectivity index (χ1n) is 8.25. The van der Waals surface area contributed by atoms with Gasteiger partial charge in [0, 0.05) is 48.9 Å². The Morgan fingerprint density at radius 3 is 2.88 bits per heavy atom. The molecule has 24 heavy (non-hydrogen) atoms. The van der Waals surface area contributed by atoms with E-state index in [0.29, 0.717) is 12.5 Å². The number of likely N-dealkylation sites (tertiary alicyclic amines) is 1. The van der Waals surface area contributed by atoms with Crippen molar-refractivity contribution in [1.29, 1.82) is 0 Å². The average molecular weight is 324 g/mol. The Balaban J connectivity index is 1.42. The highest BCUT2D eigenvalue weighted by Gasteiger charge is 2.25. The van der Waals surface area contributed by atoms with Crippen LogP contribution >= 0.6 is 0 Å². The van der Waals surface area contributed by atoms with Gasteiger partial charge in [-0.05, 0) is 25.8 Å². The number of aryl methyl sites for hydroxylation is 1. The maximum Gasteiger partial charge on any atom is 0.242 e. The van der Waals surface area contributed by atoms with Crippen LogP contribution in [0.25, 0.3) is 5.65 Å². The number of aromatic nitrogens is 5. The molecule has 124 valence electrons. The Morgan fingerprint density at radius 1 is 1.29 bits per heavy atom. The maximum absolute atomic E-state index is 12.4. The molecule has 4 rings (SSSR count). The van der Waals surface area contributed by atoms with Crippen molar-refractivity contribution in [2.24, 2.45) is 0 Å². The van der Waals surface area contributed by atoms with Crippen molar-refractivity contribution in [3.05, 3.63) is 48.4 Å². The molecule has 4 heterocycles. The van der Waals surface area contributed by atoms with Crippen molar-refractivity contribution >= 4 is 11.6 Å². The Kier molecular flexibility index (Phi) is 3.76. The van der Waals surface area contributed by atoms with Gasteiger partial charge in [-0.25, -0.2) is 14.5 Å². The Labute approximate surface area is 139 Å². The summed E-state index contributed by atoms with van der Waals surface area (Å²) in [6.45, 7) is 3.98. The van der Waals surface area contributed by atoms with Gasteiger partial charge < -0.3 is 9.47 Å². The number of hydrogen-bond acceptors (Lipinski definition) is 4. The van der Waals surface area contributed by atoms with Crippen LogP contribution in [0.3, 0.4) is 0 Å². The Bertz CT molecular complexity index is 845. The summed E-state index contributed by atoms with van der Waals surface area (Å²) in [6.07, 6.45) is 8.87. The van der Waals surface area contributed by atoms with Crippen molar-refractivity contribution < 1.29 is 4.79 Å². The van der Waals surface area contributed by atoms with Gasteiger partial charge >= 0.3 is 0 Å². The van der Waals surface area contributed by atoms with E-state index < -0.39 is 0 Å². The quantitative estimate of drug-likeness (QED) is 0.734. The predicted octanol–water partition coefficient (Wildman–Crippen LogP) is 1.64. The third-order valence-electron chi connectivity index (χ3n) is 4.70. The van der Waals surface area contributed by atoms with Crippen molar-refractivity contribution in [1.82, 2.24) is 29.0 Å². The monoisotopic (exact) mass is 324 g/mol. The number of carbonyl (C=O) groups is 1. The molecule has 1 aliphatic rings. The van der Waals surface area contributed by atoms with Gasteiger partial charge in [0.15, 0.2) is 5.65 Å². The second-order valence-electron chi connectivity index (χ2n) is 6.31. The molecular weight excluding hydrogens is 304 g/mol. The molecule has 0 unspecified atom stereocenters. The second-order valence-corrected chi connectivity index (χ2v) is 6.31. The van der Waals surface area contributed by atoms with Gasteiger partial charge in [-0.15, -0.1) is 0 Å². The first kappa shape index (κ1) is 14.9. The largest absolute Gasteiger partial charge is 0.341 e. The lowest BCUT2D eigenvalue weighted by molar-refractivity contribution is -0.132. The number of nitrogens with zero attached hydrogens (tertiary/aromatic N) is 6. The molecule has 1 amide bonds. The van der Waals surface area contributed by atoms with Crippen LogP contribution in [-0.4, -0.2) is 48.0 Å². The van der Waals surface area contributed by atoms with Crippen LogP contribution < -0.4 is 0 Å². The van der Waals surface area contributed by atoms with E-state index in [1.165, 1.54) is 0 Å². The molecule has 0 N–H and O–H groups in total. The van der Waals surface area contributed by atoms with Crippen LogP contribution in [0.4, 0.5) is 0 Å². The van der Waals surface area contributed by atoms with Crippen molar-refractivity contribution in [2.45, 2.75) is 32.2 Å². The van der Waals surface area contributed by atoms with Gasteiger partial charge in [0.2, 0.25) is 5.91 Å². The molecular formula is C17H20N6O. The second kappa shape index (κ2) is 6.07. The van der Waals surface area contributed by atoms with E-state index in [0.717, 1.165) is 43.0 Å². The van der Waals surface area contributed by atoms with Crippen LogP contribution in [0, 0.1) is 6.92 Å². The lowest BCUT2D eigenvalue weighted by Crippen LogP contribution is -2.39. The molecule has 1 fully saturated rings. The highest BCUT2D eigenvalue weighted by Crippen LogP contribution is 2.27. The SMILES string of the molecule is Cc1cc(C2CCN(C(=O)Cn3ccnc3)CC2)nc2ccnn12. The molecule has 0 bridgehead atoms. The van der Waals surface area contributed by atoms with E-state index in [4.69, 9.17) is 4.98 Å². The lowest BCUT2D eigenvalue weighted by Gasteiger charge is -2.32. The summed E-state index contributed by atoms with van der Waals surface area (Å²) in [5.41, 5.74) is 3.10. The number of hydrogen-bond donors (Lipinski definition) is 0. The molecule has 3 aromatic rings. The molecule has 0 saturated carbocycles. The molecule has 0 radical (unpaired) electrons. The van der Waals surface area contributed by atoms with Gasteiger partial charge in [0.1, 0.15) is 6.54 Å². The molecule has 7 heteroatoms. The molecule has 0 spiro atoms. The van der Waals surface area contributed by atoms with Gasteiger partial charge in [0.05, 0.1) is 12.5 Å². The zero-order chi connectivity index (χ0) is 16.5. The van der Waals surface area contributed by atoms with Gasteiger partial charge in [-0.1, -0.05) is 0 Å². The number of fused-ring (bicyclic) bond motifs is 1. The number of rotatable bonds is 3. The van der Waals surface area contributed by atoms with Crippen LogP contribution in [0.15, 0.2) is 37.1 Å². The zero-order valence-corrected chi connectivity index (χ0v) is 13.7. The molecule has 7 nitrogen and oxygen atoms in total. The summed E-state index contributed by atoms with van der Waals surface area (Å²) < 4.78 is 3.67. The summed E-state index contributed by atoms with van der Waals surface area (Å²) in [7, 11) is 0. The van der Waals surface area contributed by atoms with E-state index in [1.807, 2.05) is 26.2 Å². The van der Waals surface area contributed by atoms with Gasteiger partial charge in [-0.2, -0.15) is 5.10 Å². The molecule has 1 saturated heterocycles. The smallest absolute Gasteiger partial charge is 0.242 e. The zero-order valence-electron chi connectivity index (χ0n) is 13.7. The van der Waals surface area contributed by atoms with E-state index in [-0.39, 0.29) is 5.91 Å². The minimum Gasteiger partial charge on any atom is -0.341 e. The maximum atomic E-state index is 12.4. The number of imidazole rings is 1. The molecule has 0 aromatic carbocycles. The first-order valence-corrected chi connectivity index (χ1v) is 8.25. The third-order valence-corrected chi connectivity index (χ3v) is 4.70. The van der Waals surface area contributed by atoms with Crippen LogP contribution in [0.5, 0.6) is 0 Å². The minimum atomic E-state index is 0.154. The Hall–Kier alpha value is -2.70. The Morgan fingerprint density at radius 2 is 2.12 bits per heavy atom.